The number of carbonyl (C=O) groups is 1. The van der Waals surface area contributed by atoms with Gasteiger partial charge in [-0.15, -0.1) is 0 Å². The van der Waals surface area contributed by atoms with Gasteiger partial charge < -0.3 is 4.74 Å². The van der Waals surface area contributed by atoms with Gasteiger partial charge in [-0.25, -0.2) is 5.48 Å². The van der Waals surface area contributed by atoms with Crippen molar-refractivity contribution >= 4 is 17.5 Å². The number of amides is 1. The molecule has 1 aromatic carbocycles. The lowest BCUT2D eigenvalue weighted by molar-refractivity contribution is -0.132. The van der Waals surface area contributed by atoms with Crippen LogP contribution in [0.4, 0.5) is 0 Å². The van der Waals surface area contributed by atoms with Crippen LogP contribution in [0.5, 0.6) is 0 Å². The average molecular weight is 366 g/mol. The molecule has 7 heteroatoms. The smallest absolute Gasteiger partial charge is 0.245 e. The van der Waals surface area contributed by atoms with E-state index in [2.05, 4.69) is 12.0 Å². The van der Waals surface area contributed by atoms with Crippen molar-refractivity contribution in [3.63, 3.8) is 0 Å². The van der Waals surface area contributed by atoms with Crippen molar-refractivity contribution in [2.45, 2.75) is 44.8 Å². The number of aromatic nitrogens is 2. The summed E-state index contributed by atoms with van der Waals surface area (Å²) in [6.07, 6.45) is 3.05. The lowest BCUT2D eigenvalue weighted by Crippen LogP contribution is -2.32. The van der Waals surface area contributed by atoms with Gasteiger partial charge in [-0.1, -0.05) is 30.7 Å². The second-order valence-corrected chi connectivity index (χ2v) is 6.37. The molecule has 0 saturated heterocycles. The third-order valence-corrected chi connectivity index (χ3v) is 4.45. The maximum absolute atomic E-state index is 11.7. The van der Waals surface area contributed by atoms with Crippen LogP contribution in [0.3, 0.4) is 0 Å². The fourth-order valence-electron chi connectivity index (χ4n) is 2.98. The van der Waals surface area contributed by atoms with Gasteiger partial charge in [0.05, 0.1) is 12.5 Å². The summed E-state index contributed by atoms with van der Waals surface area (Å²) in [4.78, 5) is 11.7. The molecule has 25 heavy (non-hydrogen) atoms. The van der Waals surface area contributed by atoms with E-state index in [9.17, 15) is 4.79 Å². The topological polar surface area (TPSA) is 76.4 Å². The van der Waals surface area contributed by atoms with E-state index >= 15 is 0 Å². The number of halogens is 1. The van der Waals surface area contributed by atoms with E-state index in [1.54, 1.807) is 18.8 Å². The van der Waals surface area contributed by atoms with Crippen molar-refractivity contribution < 1.29 is 14.7 Å². The SMILES string of the molecule is CCCn1nccc1[C@@H](Cc1ccc(Cl)cc1)[C@@H](CC(=O)NO)OC. The predicted octanol–water partition coefficient (Wildman–Crippen LogP) is 3.18. The Balaban J connectivity index is 2.33. The quantitative estimate of drug-likeness (QED) is 0.528. The summed E-state index contributed by atoms with van der Waals surface area (Å²) in [5.41, 5.74) is 3.78. The summed E-state index contributed by atoms with van der Waals surface area (Å²) < 4.78 is 7.55. The van der Waals surface area contributed by atoms with E-state index in [-0.39, 0.29) is 12.3 Å². The zero-order valence-electron chi connectivity index (χ0n) is 14.5. The van der Waals surface area contributed by atoms with Gasteiger partial charge >= 0.3 is 0 Å². The van der Waals surface area contributed by atoms with Crippen molar-refractivity contribution in [2.24, 2.45) is 0 Å². The van der Waals surface area contributed by atoms with Gasteiger partial charge in [0.25, 0.3) is 0 Å². The Morgan fingerprint density at radius 2 is 2.08 bits per heavy atom. The highest BCUT2D eigenvalue weighted by Crippen LogP contribution is 2.29. The van der Waals surface area contributed by atoms with Crippen LogP contribution in [-0.4, -0.2) is 34.1 Å². The molecule has 0 spiro atoms. The molecule has 0 radical (unpaired) electrons. The van der Waals surface area contributed by atoms with E-state index < -0.39 is 12.0 Å². The summed E-state index contributed by atoms with van der Waals surface area (Å²) in [6.45, 7) is 2.88. The highest BCUT2D eigenvalue weighted by molar-refractivity contribution is 6.30. The number of rotatable bonds is 9. The van der Waals surface area contributed by atoms with Crippen LogP contribution < -0.4 is 5.48 Å². The monoisotopic (exact) mass is 365 g/mol. The standard InChI is InChI=1S/C18H24ClN3O3/c1-3-10-22-16(8-9-20-22)15(17(25-2)12-18(23)21-24)11-13-4-6-14(19)7-5-13/h4-9,15,17,24H,3,10-12H2,1-2H3,(H,21,23)/t15-,17-/m1/s1. The van der Waals surface area contributed by atoms with Gasteiger partial charge in [0, 0.05) is 36.5 Å². The van der Waals surface area contributed by atoms with Crippen molar-refractivity contribution in [1.29, 1.82) is 0 Å². The number of hydroxylamine groups is 1. The van der Waals surface area contributed by atoms with Gasteiger partial charge in [-0.05, 0) is 36.6 Å². The molecule has 0 saturated carbocycles. The molecule has 0 unspecified atom stereocenters. The van der Waals surface area contributed by atoms with Crippen LogP contribution in [0.25, 0.3) is 0 Å². The fourth-order valence-corrected chi connectivity index (χ4v) is 3.10. The highest BCUT2D eigenvalue weighted by Gasteiger charge is 2.28. The Morgan fingerprint density at radius 3 is 2.68 bits per heavy atom. The zero-order valence-corrected chi connectivity index (χ0v) is 15.2. The summed E-state index contributed by atoms with van der Waals surface area (Å²) in [6, 6.07) is 9.58. The molecule has 0 aliphatic carbocycles. The van der Waals surface area contributed by atoms with Crippen LogP contribution in [0, 0.1) is 0 Å². The van der Waals surface area contributed by atoms with E-state index in [0.717, 1.165) is 24.2 Å². The first-order chi connectivity index (χ1) is 12.1. The van der Waals surface area contributed by atoms with Gasteiger partial charge in [-0.3, -0.25) is 14.7 Å². The third kappa shape index (κ3) is 5.29. The molecule has 6 nitrogen and oxygen atoms in total. The number of ether oxygens (including phenoxy) is 1. The molecular weight excluding hydrogens is 342 g/mol. The second-order valence-electron chi connectivity index (χ2n) is 5.93. The molecule has 2 atom stereocenters. The Kier molecular flexibility index (Phi) is 7.43. The average Bonchev–Trinajstić information content (AvgIpc) is 3.07. The minimum atomic E-state index is -0.477. The molecule has 0 aliphatic rings. The minimum absolute atomic E-state index is 0.0581. The molecule has 2 aromatic rings. The molecule has 2 rings (SSSR count). The number of hydrogen-bond donors (Lipinski definition) is 2. The molecule has 136 valence electrons. The van der Waals surface area contributed by atoms with Gasteiger partial charge in [0.1, 0.15) is 0 Å². The first-order valence-electron chi connectivity index (χ1n) is 8.30. The van der Waals surface area contributed by atoms with Crippen LogP contribution >= 0.6 is 11.6 Å². The molecule has 1 amide bonds. The van der Waals surface area contributed by atoms with Crippen LogP contribution in [0.1, 0.15) is 36.9 Å². The van der Waals surface area contributed by atoms with E-state index in [1.165, 1.54) is 0 Å². The predicted molar refractivity (Wildman–Crippen MR) is 95.8 cm³/mol. The highest BCUT2D eigenvalue weighted by atomic mass is 35.5. The number of aryl methyl sites for hydroxylation is 1. The number of nitrogens with zero attached hydrogens (tertiary/aromatic N) is 2. The maximum atomic E-state index is 11.7. The van der Waals surface area contributed by atoms with E-state index in [0.29, 0.717) is 11.4 Å². The molecular formula is C18H24ClN3O3. The first-order valence-corrected chi connectivity index (χ1v) is 8.68. The van der Waals surface area contributed by atoms with Crippen LogP contribution in [-0.2, 0) is 22.5 Å². The molecule has 2 N–H and O–H groups in total. The Labute approximate surface area is 152 Å². The van der Waals surface area contributed by atoms with Gasteiger partial charge in [0.2, 0.25) is 5.91 Å². The Bertz CT molecular complexity index is 672. The summed E-state index contributed by atoms with van der Waals surface area (Å²) in [5.74, 6) is -0.563. The van der Waals surface area contributed by atoms with Crippen molar-refractivity contribution in [3.05, 3.63) is 52.8 Å². The lowest BCUT2D eigenvalue weighted by atomic mass is 9.89. The van der Waals surface area contributed by atoms with Crippen LogP contribution in [0.2, 0.25) is 5.02 Å². The number of benzene rings is 1. The fraction of sp³-hybridized carbons (Fsp3) is 0.444. The number of carbonyl (C=O) groups excluding carboxylic acids is 1. The largest absolute Gasteiger partial charge is 0.380 e. The number of methoxy groups -OCH3 is 1. The summed E-state index contributed by atoms with van der Waals surface area (Å²) in [5, 5.41) is 13.9. The normalized spacial score (nSPS) is 13.4. The molecule has 0 bridgehead atoms. The van der Waals surface area contributed by atoms with E-state index in [4.69, 9.17) is 21.5 Å². The maximum Gasteiger partial charge on any atom is 0.245 e. The molecule has 0 fully saturated rings. The van der Waals surface area contributed by atoms with Gasteiger partial charge in [-0.2, -0.15) is 5.10 Å². The van der Waals surface area contributed by atoms with Crippen molar-refractivity contribution in [3.8, 4) is 0 Å². The molecule has 1 heterocycles. The minimum Gasteiger partial charge on any atom is -0.380 e. The van der Waals surface area contributed by atoms with Crippen molar-refractivity contribution in [2.75, 3.05) is 7.11 Å². The Hall–Kier alpha value is -1.89. The summed E-state index contributed by atoms with van der Waals surface area (Å²) >= 11 is 5.97. The number of hydrogen-bond acceptors (Lipinski definition) is 4. The molecule has 0 aliphatic heterocycles. The van der Waals surface area contributed by atoms with Crippen molar-refractivity contribution in [1.82, 2.24) is 15.3 Å². The first kappa shape index (κ1) is 19.4. The lowest BCUT2D eigenvalue weighted by Gasteiger charge is -2.26. The Morgan fingerprint density at radius 1 is 1.36 bits per heavy atom. The van der Waals surface area contributed by atoms with Crippen LogP contribution in [0.15, 0.2) is 36.5 Å². The zero-order chi connectivity index (χ0) is 18.2. The van der Waals surface area contributed by atoms with E-state index in [1.807, 2.05) is 35.0 Å². The number of nitrogens with one attached hydrogen (secondary N) is 1. The molecule has 1 aromatic heterocycles. The second kappa shape index (κ2) is 9.56. The summed E-state index contributed by atoms with van der Waals surface area (Å²) in [7, 11) is 1.57. The van der Waals surface area contributed by atoms with Gasteiger partial charge in [0.15, 0.2) is 0 Å². The third-order valence-electron chi connectivity index (χ3n) is 4.20.